The van der Waals surface area contributed by atoms with E-state index in [0.717, 1.165) is 5.46 Å². The molecule has 0 aromatic heterocycles. The van der Waals surface area contributed by atoms with Crippen molar-refractivity contribution in [3.8, 4) is 5.75 Å². The number of carbonyl (C=O) groups excluding carboxylic acids is 1. The molecule has 0 spiro atoms. The van der Waals surface area contributed by atoms with Crippen molar-refractivity contribution in [2.75, 3.05) is 18.1 Å². The minimum Gasteiger partial charge on any atom is -0.489 e. The van der Waals surface area contributed by atoms with Gasteiger partial charge in [0.15, 0.2) is 6.10 Å². The summed E-state index contributed by atoms with van der Waals surface area (Å²) in [4.78, 5) is 20.0. The fourth-order valence-corrected chi connectivity index (χ4v) is 4.30. The summed E-state index contributed by atoms with van der Waals surface area (Å²) in [6.07, 6.45) is -0.882. The van der Waals surface area contributed by atoms with Crippen LogP contribution in [-0.4, -0.2) is 58.1 Å². The largest absolute Gasteiger partial charge is 0.494 e. The second kappa shape index (κ2) is 7.98. The molecule has 1 amide bonds. The maximum Gasteiger partial charge on any atom is 0.494 e. The van der Waals surface area contributed by atoms with Crippen LogP contribution >= 0.6 is 0 Å². The molecule has 0 bridgehead atoms. The Kier molecular flexibility index (Phi) is 5.93. The van der Waals surface area contributed by atoms with Crippen LogP contribution in [0.25, 0.3) is 0 Å². The topological polar surface area (TPSA) is 75.7 Å². The number of cyclic esters (lactones) is 1. The van der Waals surface area contributed by atoms with Gasteiger partial charge in [-0.2, -0.15) is 0 Å². The SMILES string of the molecule is CC1(C)OB(c2ccc3c(c2)OC[C@H]2[C@H](COO[Si](C)(C)C(C)(C)C)OC(=O)N32)OC1(C)C. The van der Waals surface area contributed by atoms with Crippen molar-refractivity contribution in [2.24, 2.45) is 0 Å². The molecule has 4 rings (SSSR count). The van der Waals surface area contributed by atoms with Crippen LogP contribution in [0.3, 0.4) is 0 Å². The van der Waals surface area contributed by atoms with Gasteiger partial charge in [-0.3, -0.25) is 9.48 Å². The Hall–Kier alpha value is -1.59. The van der Waals surface area contributed by atoms with Crippen LogP contribution in [0.2, 0.25) is 18.1 Å². The molecule has 0 radical (unpaired) electrons. The van der Waals surface area contributed by atoms with Crippen LogP contribution in [0.4, 0.5) is 10.5 Å². The number of hydrogen-bond donors (Lipinski definition) is 0. The summed E-state index contributed by atoms with van der Waals surface area (Å²) >= 11 is 0. The molecule has 182 valence electrons. The van der Waals surface area contributed by atoms with Gasteiger partial charge in [0.25, 0.3) is 0 Å². The van der Waals surface area contributed by atoms with Gasteiger partial charge in [0.05, 0.1) is 16.9 Å². The van der Waals surface area contributed by atoms with Crippen LogP contribution in [0.15, 0.2) is 18.2 Å². The second-order valence-corrected chi connectivity index (χ2v) is 16.3. The molecule has 0 aliphatic carbocycles. The normalized spacial score (nSPS) is 26.0. The fraction of sp³-hybridized carbons (Fsp3) is 0.696. The fourth-order valence-electron chi connectivity index (χ4n) is 3.69. The zero-order valence-corrected chi connectivity index (χ0v) is 22.2. The van der Waals surface area contributed by atoms with E-state index >= 15 is 0 Å². The van der Waals surface area contributed by atoms with E-state index in [2.05, 4.69) is 33.9 Å². The molecular weight excluding hydrogens is 441 g/mol. The predicted molar refractivity (Wildman–Crippen MR) is 128 cm³/mol. The highest BCUT2D eigenvalue weighted by atomic mass is 28.4. The van der Waals surface area contributed by atoms with Gasteiger partial charge in [-0.15, -0.1) is 0 Å². The number of anilines is 1. The van der Waals surface area contributed by atoms with Crippen molar-refractivity contribution in [2.45, 2.75) is 89.9 Å². The van der Waals surface area contributed by atoms with Crippen LogP contribution in [0.1, 0.15) is 48.5 Å². The summed E-state index contributed by atoms with van der Waals surface area (Å²) in [7, 11) is -2.57. The van der Waals surface area contributed by atoms with Gasteiger partial charge in [-0.25, -0.2) is 9.68 Å². The third-order valence-electron chi connectivity index (χ3n) is 7.69. The standard InChI is InChI=1S/C23H36BNO7Si/c1-21(2,3)33(8,9)32-28-14-19-17-13-27-18-12-15(10-11-16(18)25(17)20(26)29-19)24-30-22(4,5)23(6,7)31-24/h10-12,17,19H,13-14H2,1-9H3/t17-,19-/m0/s1. The highest BCUT2D eigenvalue weighted by Gasteiger charge is 2.52. The van der Waals surface area contributed by atoms with Crippen LogP contribution in [0, 0.1) is 0 Å². The van der Waals surface area contributed by atoms with Crippen LogP contribution in [-0.2, 0) is 23.5 Å². The quantitative estimate of drug-likeness (QED) is 0.360. The Balaban J connectivity index is 1.45. The van der Waals surface area contributed by atoms with Crippen molar-refractivity contribution in [3.63, 3.8) is 0 Å². The molecule has 0 saturated carbocycles. The number of fused-ring (bicyclic) bond motifs is 3. The lowest BCUT2D eigenvalue weighted by Crippen LogP contribution is -2.47. The lowest BCUT2D eigenvalue weighted by molar-refractivity contribution is -0.235. The predicted octanol–water partition coefficient (Wildman–Crippen LogP) is 4.03. The Morgan fingerprint density at radius 3 is 2.39 bits per heavy atom. The summed E-state index contributed by atoms with van der Waals surface area (Å²) in [5.74, 6) is 0.606. The van der Waals surface area contributed by atoms with Gasteiger partial charge in [-0.1, -0.05) is 26.8 Å². The van der Waals surface area contributed by atoms with E-state index in [1.165, 1.54) is 0 Å². The number of hydrogen-bond acceptors (Lipinski definition) is 7. The minimum atomic E-state index is -2.07. The van der Waals surface area contributed by atoms with Crippen molar-refractivity contribution in [3.05, 3.63) is 18.2 Å². The number of carbonyl (C=O) groups is 1. The van der Waals surface area contributed by atoms with E-state index in [1.807, 2.05) is 45.9 Å². The first-order chi connectivity index (χ1) is 15.1. The zero-order valence-electron chi connectivity index (χ0n) is 21.2. The average molecular weight is 477 g/mol. The number of benzene rings is 1. The summed E-state index contributed by atoms with van der Waals surface area (Å²) in [6.45, 7) is 19.2. The number of ether oxygens (including phenoxy) is 2. The van der Waals surface area contributed by atoms with Gasteiger partial charge < -0.3 is 18.8 Å². The molecule has 2 atom stereocenters. The number of rotatable bonds is 5. The lowest BCUT2D eigenvalue weighted by Gasteiger charge is -2.35. The highest BCUT2D eigenvalue weighted by Crippen LogP contribution is 2.41. The molecule has 0 unspecified atom stereocenters. The van der Waals surface area contributed by atoms with Gasteiger partial charge in [0.1, 0.15) is 25.0 Å². The third-order valence-corrected chi connectivity index (χ3v) is 11.8. The molecule has 33 heavy (non-hydrogen) atoms. The Morgan fingerprint density at radius 1 is 1.15 bits per heavy atom. The third kappa shape index (κ3) is 4.32. The summed E-state index contributed by atoms with van der Waals surface area (Å²) in [5.41, 5.74) is 0.654. The molecule has 3 aliphatic heterocycles. The Labute approximate surface area is 198 Å². The van der Waals surface area contributed by atoms with Crippen molar-refractivity contribution < 1.29 is 33.0 Å². The number of nitrogens with zero attached hydrogens (tertiary/aromatic N) is 1. The molecule has 8 nitrogen and oxygen atoms in total. The van der Waals surface area contributed by atoms with E-state index in [0.29, 0.717) is 18.0 Å². The van der Waals surface area contributed by atoms with E-state index in [-0.39, 0.29) is 17.7 Å². The van der Waals surface area contributed by atoms with Gasteiger partial charge >= 0.3 is 13.2 Å². The molecule has 10 heteroatoms. The van der Waals surface area contributed by atoms with Crippen molar-refractivity contribution in [1.29, 1.82) is 0 Å². The van der Waals surface area contributed by atoms with E-state index in [9.17, 15) is 4.79 Å². The molecule has 2 saturated heterocycles. The highest BCUT2D eigenvalue weighted by molar-refractivity contribution is 6.73. The van der Waals surface area contributed by atoms with Crippen LogP contribution in [0.5, 0.6) is 5.75 Å². The molecule has 3 aliphatic rings. The maximum absolute atomic E-state index is 12.7. The Morgan fingerprint density at radius 2 is 1.79 bits per heavy atom. The average Bonchev–Trinajstić information content (AvgIpc) is 3.12. The molecular formula is C23H36BNO7Si. The smallest absolute Gasteiger partial charge is 0.489 e. The van der Waals surface area contributed by atoms with E-state index in [1.54, 1.807) is 4.90 Å². The summed E-state index contributed by atoms with van der Waals surface area (Å²) in [6, 6.07) is 5.37. The monoisotopic (exact) mass is 477 g/mol. The molecule has 1 aromatic carbocycles. The maximum atomic E-state index is 12.7. The first kappa shape index (κ1) is 24.5. The first-order valence-electron chi connectivity index (χ1n) is 11.6. The Bertz CT molecular complexity index is 914. The summed E-state index contributed by atoms with van der Waals surface area (Å²) in [5, 5.41) is 0.0210. The van der Waals surface area contributed by atoms with E-state index < -0.39 is 38.8 Å². The second-order valence-electron chi connectivity index (χ2n) is 11.6. The summed E-state index contributed by atoms with van der Waals surface area (Å²) < 4.78 is 29.8. The minimum absolute atomic E-state index is 0.0210. The lowest BCUT2D eigenvalue weighted by atomic mass is 9.78. The van der Waals surface area contributed by atoms with Crippen molar-refractivity contribution in [1.82, 2.24) is 0 Å². The molecule has 0 N–H and O–H groups in total. The van der Waals surface area contributed by atoms with Gasteiger partial charge in [0, 0.05) is 0 Å². The van der Waals surface area contributed by atoms with Crippen LogP contribution < -0.4 is 15.1 Å². The number of amides is 1. The van der Waals surface area contributed by atoms with Crippen molar-refractivity contribution >= 4 is 32.7 Å². The van der Waals surface area contributed by atoms with E-state index in [4.69, 9.17) is 28.2 Å². The van der Waals surface area contributed by atoms with Gasteiger partial charge in [0.2, 0.25) is 8.32 Å². The first-order valence-corrected chi connectivity index (χ1v) is 14.5. The van der Waals surface area contributed by atoms with Gasteiger partial charge in [-0.05, 0) is 63.4 Å². The molecule has 1 aromatic rings. The molecule has 3 heterocycles. The molecule has 2 fully saturated rings. The zero-order chi connectivity index (χ0) is 24.4.